The quantitative estimate of drug-likeness (QED) is 0.348. The van der Waals surface area contributed by atoms with Gasteiger partial charge in [0.1, 0.15) is 5.75 Å². The lowest BCUT2D eigenvalue weighted by Crippen LogP contribution is -2.32. The van der Waals surface area contributed by atoms with E-state index in [-0.39, 0.29) is 11.1 Å². The normalized spacial score (nSPS) is 11.8. The highest BCUT2D eigenvalue weighted by atomic mass is 16.5. The van der Waals surface area contributed by atoms with Gasteiger partial charge in [-0.3, -0.25) is 9.69 Å². The Morgan fingerprint density at radius 1 is 0.946 bits per heavy atom. The number of tetrazole rings is 1. The minimum atomic E-state index is -0.271. The fourth-order valence-electron chi connectivity index (χ4n) is 4.27. The number of hydrogen-bond acceptors (Lipinski definition) is 8. The maximum Gasteiger partial charge on any atom is 0.252 e. The molecule has 0 radical (unpaired) electrons. The van der Waals surface area contributed by atoms with E-state index in [1.165, 1.54) is 0 Å². The zero-order valence-corrected chi connectivity index (χ0v) is 22.2. The summed E-state index contributed by atoms with van der Waals surface area (Å²) in [7, 11) is 4.85. The zero-order valence-electron chi connectivity index (χ0n) is 22.2. The first-order valence-corrected chi connectivity index (χ1v) is 12.1. The molecule has 0 amide bonds. The largest absolute Gasteiger partial charge is 0.497 e. The SMILES string of the molecule is COc1ccc2cc(CN(CCc3ccc(OC)c(OC)c3)Cc3nnnn3C(C)(C)C)c(=O)[nH]c2c1. The van der Waals surface area contributed by atoms with Crippen LogP contribution in [-0.4, -0.2) is 58.0 Å². The Morgan fingerprint density at radius 2 is 1.73 bits per heavy atom. The predicted octanol–water partition coefficient (Wildman–Crippen LogP) is 3.54. The average Bonchev–Trinajstić information content (AvgIpc) is 3.36. The van der Waals surface area contributed by atoms with E-state index >= 15 is 0 Å². The first kappa shape index (κ1) is 26.2. The maximum absolute atomic E-state index is 13.0. The van der Waals surface area contributed by atoms with E-state index in [0.29, 0.717) is 42.4 Å². The topological polar surface area (TPSA) is 107 Å². The van der Waals surface area contributed by atoms with Gasteiger partial charge in [-0.1, -0.05) is 6.07 Å². The van der Waals surface area contributed by atoms with Crippen molar-refractivity contribution in [3.8, 4) is 17.2 Å². The molecule has 4 aromatic rings. The molecule has 0 saturated carbocycles. The molecule has 0 aliphatic rings. The molecule has 4 rings (SSSR count). The van der Waals surface area contributed by atoms with Gasteiger partial charge in [0.05, 0.1) is 38.9 Å². The van der Waals surface area contributed by atoms with E-state index in [1.807, 2.05) is 47.1 Å². The summed E-state index contributed by atoms with van der Waals surface area (Å²) in [5.41, 5.74) is 2.10. The lowest BCUT2D eigenvalue weighted by atomic mass is 10.1. The summed E-state index contributed by atoms with van der Waals surface area (Å²) in [5, 5.41) is 13.3. The summed E-state index contributed by atoms with van der Waals surface area (Å²) < 4.78 is 18.0. The molecule has 1 N–H and O–H groups in total. The summed E-state index contributed by atoms with van der Waals surface area (Å²) in [5.74, 6) is 2.81. The van der Waals surface area contributed by atoms with Crippen LogP contribution in [0.1, 0.15) is 37.7 Å². The summed E-state index contributed by atoms with van der Waals surface area (Å²) in [6.45, 7) is 7.77. The first-order valence-electron chi connectivity index (χ1n) is 12.1. The summed E-state index contributed by atoms with van der Waals surface area (Å²) in [6.07, 6.45) is 0.736. The molecular formula is C27H34N6O4. The second-order valence-electron chi connectivity index (χ2n) is 9.90. The van der Waals surface area contributed by atoms with Crippen LogP contribution in [0.4, 0.5) is 0 Å². The number of rotatable bonds is 10. The Morgan fingerprint density at radius 3 is 2.43 bits per heavy atom. The number of methoxy groups -OCH3 is 3. The molecule has 0 saturated heterocycles. The highest BCUT2D eigenvalue weighted by molar-refractivity contribution is 5.80. The van der Waals surface area contributed by atoms with Crippen LogP contribution in [0.5, 0.6) is 17.2 Å². The lowest BCUT2D eigenvalue weighted by molar-refractivity contribution is 0.233. The van der Waals surface area contributed by atoms with Crippen molar-refractivity contribution in [1.82, 2.24) is 30.1 Å². The number of fused-ring (bicyclic) bond motifs is 1. The highest BCUT2D eigenvalue weighted by Gasteiger charge is 2.22. The Labute approximate surface area is 216 Å². The Bertz CT molecular complexity index is 1420. The van der Waals surface area contributed by atoms with Crippen LogP contribution >= 0.6 is 0 Å². The molecule has 0 fully saturated rings. The molecule has 10 nitrogen and oxygen atoms in total. The number of hydrogen-bond donors (Lipinski definition) is 1. The van der Waals surface area contributed by atoms with Gasteiger partial charge in [-0.05, 0) is 78.9 Å². The van der Waals surface area contributed by atoms with Crippen LogP contribution in [0.2, 0.25) is 0 Å². The molecule has 10 heteroatoms. The van der Waals surface area contributed by atoms with Crippen LogP contribution in [0.25, 0.3) is 10.9 Å². The molecular weight excluding hydrogens is 472 g/mol. The van der Waals surface area contributed by atoms with Crippen LogP contribution < -0.4 is 19.8 Å². The van der Waals surface area contributed by atoms with Crippen molar-refractivity contribution in [3.05, 3.63) is 69.8 Å². The lowest BCUT2D eigenvalue weighted by Gasteiger charge is -2.25. The molecule has 0 bridgehead atoms. The van der Waals surface area contributed by atoms with Crippen LogP contribution in [0.3, 0.4) is 0 Å². The van der Waals surface area contributed by atoms with Crippen LogP contribution in [0.15, 0.2) is 47.3 Å². The molecule has 2 aromatic heterocycles. The summed E-state index contributed by atoms with van der Waals surface area (Å²) in [4.78, 5) is 18.2. The molecule has 2 aromatic carbocycles. The number of pyridine rings is 1. The van der Waals surface area contributed by atoms with E-state index in [1.54, 1.807) is 21.3 Å². The molecule has 196 valence electrons. The second-order valence-corrected chi connectivity index (χ2v) is 9.90. The van der Waals surface area contributed by atoms with Gasteiger partial charge in [0.15, 0.2) is 17.3 Å². The third kappa shape index (κ3) is 6.08. The van der Waals surface area contributed by atoms with Gasteiger partial charge in [-0.25, -0.2) is 4.68 Å². The third-order valence-corrected chi connectivity index (χ3v) is 6.22. The van der Waals surface area contributed by atoms with Crippen molar-refractivity contribution in [2.24, 2.45) is 0 Å². The van der Waals surface area contributed by atoms with Gasteiger partial charge in [0.25, 0.3) is 5.56 Å². The summed E-state index contributed by atoms with van der Waals surface area (Å²) >= 11 is 0. The van der Waals surface area contributed by atoms with Gasteiger partial charge in [0.2, 0.25) is 0 Å². The number of nitrogens with one attached hydrogen (secondary N) is 1. The number of H-pyrrole nitrogens is 1. The zero-order chi connectivity index (χ0) is 26.6. The van der Waals surface area contributed by atoms with Gasteiger partial charge < -0.3 is 19.2 Å². The molecule has 0 unspecified atom stereocenters. The number of aromatic amines is 1. The molecule has 0 spiro atoms. The smallest absolute Gasteiger partial charge is 0.252 e. The fraction of sp³-hybridized carbons (Fsp3) is 0.407. The number of aromatic nitrogens is 5. The van der Waals surface area contributed by atoms with Crippen LogP contribution in [-0.2, 0) is 25.0 Å². The molecule has 0 atom stereocenters. The number of ether oxygens (including phenoxy) is 3. The van der Waals surface area contributed by atoms with Gasteiger partial charge >= 0.3 is 0 Å². The Hall–Kier alpha value is -3.92. The van der Waals surface area contributed by atoms with E-state index < -0.39 is 0 Å². The van der Waals surface area contributed by atoms with Gasteiger partial charge in [-0.2, -0.15) is 0 Å². The van der Waals surface area contributed by atoms with Gasteiger partial charge in [0, 0.05) is 24.7 Å². The molecule has 0 aliphatic heterocycles. The van der Waals surface area contributed by atoms with E-state index in [4.69, 9.17) is 14.2 Å². The summed E-state index contributed by atoms with van der Waals surface area (Å²) in [6, 6.07) is 13.5. The molecule has 0 aliphatic carbocycles. The van der Waals surface area contributed by atoms with E-state index in [2.05, 4.69) is 46.2 Å². The number of nitrogens with zero attached hydrogens (tertiary/aromatic N) is 5. The van der Waals surface area contributed by atoms with Crippen molar-refractivity contribution in [2.75, 3.05) is 27.9 Å². The monoisotopic (exact) mass is 506 g/mol. The van der Waals surface area contributed by atoms with Crippen molar-refractivity contribution >= 4 is 10.9 Å². The van der Waals surface area contributed by atoms with E-state index in [9.17, 15) is 4.79 Å². The minimum Gasteiger partial charge on any atom is -0.497 e. The first-order chi connectivity index (χ1) is 17.7. The minimum absolute atomic E-state index is 0.132. The molecule has 2 heterocycles. The number of benzene rings is 2. The second kappa shape index (κ2) is 11.0. The third-order valence-electron chi connectivity index (χ3n) is 6.22. The van der Waals surface area contributed by atoms with Crippen molar-refractivity contribution in [1.29, 1.82) is 0 Å². The Kier molecular flexibility index (Phi) is 7.77. The average molecular weight is 507 g/mol. The van der Waals surface area contributed by atoms with Crippen molar-refractivity contribution in [2.45, 2.75) is 45.8 Å². The van der Waals surface area contributed by atoms with Crippen LogP contribution in [0, 0.1) is 0 Å². The molecule has 37 heavy (non-hydrogen) atoms. The predicted molar refractivity (Wildman–Crippen MR) is 141 cm³/mol. The Balaban J connectivity index is 1.63. The standard InChI is InChI=1S/C27H34N6O4/c1-27(2,3)33-25(29-30-31-33)17-32(12-11-18-7-10-23(36-5)24(13-18)37-6)16-20-14-19-8-9-21(35-4)15-22(19)28-26(20)34/h7-10,13-15H,11-12,16-17H2,1-6H3,(H,28,34). The highest BCUT2D eigenvalue weighted by Crippen LogP contribution is 2.28. The van der Waals surface area contributed by atoms with Crippen molar-refractivity contribution in [3.63, 3.8) is 0 Å². The maximum atomic E-state index is 13.0. The van der Waals surface area contributed by atoms with Crippen molar-refractivity contribution < 1.29 is 14.2 Å². The van der Waals surface area contributed by atoms with E-state index in [0.717, 1.165) is 28.7 Å². The fourth-order valence-corrected chi connectivity index (χ4v) is 4.27. The van der Waals surface area contributed by atoms with Gasteiger partial charge in [-0.15, -0.1) is 5.10 Å².